The van der Waals surface area contributed by atoms with Crippen molar-refractivity contribution in [1.82, 2.24) is 14.6 Å². The van der Waals surface area contributed by atoms with E-state index in [1.165, 1.54) is 18.2 Å². The van der Waals surface area contributed by atoms with Crippen molar-refractivity contribution in [1.29, 1.82) is 0 Å². The first-order valence-corrected chi connectivity index (χ1v) is 21.2. The van der Waals surface area contributed by atoms with Gasteiger partial charge in [-0.15, -0.1) is 0 Å². The third kappa shape index (κ3) is 8.80. The van der Waals surface area contributed by atoms with Crippen LogP contribution in [-0.2, 0) is 33.9 Å². The molecule has 0 radical (unpaired) electrons. The molecule has 4 aliphatic rings. The number of pyridine rings is 1. The fourth-order valence-corrected chi connectivity index (χ4v) is 9.61. The molecule has 318 valence electrons. The number of sulfonamides is 1. The van der Waals surface area contributed by atoms with Gasteiger partial charge in [0.2, 0.25) is 28.3 Å². The number of amides is 2. The Labute approximate surface area is 339 Å². The number of ether oxygens (including phenoxy) is 3. The second-order valence-corrected chi connectivity index (χ2v) is 19.2. The smallest absolute Gasteiger partial charge is 0.427 e. The van der Waals surface area contributed by atoms with Crippen molar-refractivity contribution >= 4 is 56.0 Å². The summed E-state index contributed by atoms with van der Waals surface area (Å²) in [4.78, 5) is 62.0. The third-order valence-electron chi connectivity index (χ3n) is 12.0. The second kappa shape index (κ2) is 15.9. The molecule has 6 rings (SSSR count). The van der Waals surface area contributed by atoms with Crippen molar-refractivity contribution < 1.29 is 59.4 Å². The highest BCUT2D eigenvalue weighted by molar-refractivity contribution is 7.91. The molecule has 2 saturated carbocycles. The molecule has 2 amide bonds. The molecule has 3 heterocycles. The van der Waals surface area contributed by atoms with Gasteiger partial charge in [0.25, 0.3) is 10.0 Å². The second-order valence-electron chi connectivity index (χ2n) is 16.8. The number of alkyl halides is 4. The zero-order valence-electron chi connectivity index (χ0n) is 32.9. The van der Waals surface area contributed by atoms with Crippen LogP contribution in [0.4, 0.5) is 17.6 Å². The van der Waals surface area contributed by atoms with Gasteiger partial charge in [-0.05, 0) is 80.9 Å². The molecular formula is C40H48ClF4N3O9S. The summed E-state index contributed by atoms with van der Waals surface area (Å²) in [6, 6.07) is 3.72. The Balaban J connectivity index is 1.36. The predicted molar refractivity (Wildman–Crippen MR) is 204 cm³/mol. The summed E-state index contributed by atoms with van der Waals surface area (Å²) in [6.07, 6.45) is -0.945. The van der Waals surface area contributed by atoms with Crippen LogP contribution in [-0.4, -0.2) is 84.4 Å². The number of methoxy groups -OCH3 is 1. The van der Waals surface area contributed by atoms with Crippen molar-refractivity contribution in [3.05, 3.63) is 41.6 Å². The minimum atomic E-state index is -4.89. The maximum atomic E-state index is 14.8. The fourth-order valence-electron chi connectivity index (χ4n) is 8.09. The molecule has 58 heavy (non-hydrogen) atoms. The number of esters is 1. The van der Waals surface area contributed by atoms with E-state index in [-0.39, 0.29) is 49.0 Å². The van der Waals surface area contributed by atoms with Crippen LogP contribution in [0.25, 0.3) is 10.8 Å². The molecule has 1 aromatic carbocycles. The van der Waals surface area contributed by atoms with Crippen molar-refractivity contribution in [3.63, 3.8) is 0 Å². The number of hydrogen-bond acceptors (Lipinski definition) is 10. The van der Waals surface area contributed by atoms with Crippen molar-refractivity contribution in [3.8, 4) is 11.6 Å². The number of carbonyl (C=O) groups is 4. The minimum absolute atomic E-state index is 0.0330. The number of halogens is 5. The van der Waals surface area contributed by atoms with Gasteiger partial charge >= 0.3 is 12.1 Å². The summed E-state index contributed by atoms with van der Waals surface area (Å²) in [6.45, 7) is 4.88. The van der Waals surface area contributed by atoms with Crippen molar-refractivity contribution in [2.75, 3.05) is 13.7 Å². The van der Waals surface area contributed by atoms with E-state index < -0.39 is 98.5 Å². The highest BCUT2D eigenvalue weighted by Crippen LogP contribution is 2.58. The van der Waals surface area contributed by atoms with Crippen LogP contribution in [0.15, 0.2) is 36.5 Å². The molecule has 7 atom stereocenters. The minimum Gasteiger partial charge on any atom is -0.495 e. The predicted octanol–water partition coefficient (Wildman–Crippen LogP) is 7.02. The number of nitrogens with one attached hydrogen (secondary N) is 1. The number of nitrogens with zero attached hydrogens (tertiary/aromatic N) is 2. The number of allylic oxidation sites excluding steroid dienone is 2. The topological polar surface area (TPSA) is 158 Å². The average Bonchev–Trinajstić information content (AvgIpc) is 4.01. The Bertz CT molecular complexity index is 2110. The van der Waals surface area contributed by atoms with Gasteiger partial charge in [0.05, 0.1) is 42.5 Å². The van der Waals surface area contributed by atoms with Gasteiger partial charge in [-0.3, -0.25) is 19.2 Å². The molecule has 2 aliphatic heterocycles. The van der Waals surface area contributed by atoms with Crippen LogP contribution in [0.1, 0.15) is 85.5 Å². The largest absolute Gasteiger partial charge is 0.495 e. The van der Waals surface area contributed by atoms with Gasteiger partial charge in [-0.1, -0.05) is 37.6 Å². The first-order valence-electron chi connectivity index (χ1n) is 19.3. The van der Waals surface area contributed by atoms with E-state index in [2.05, 4.69) is 4.98 Å². The Morgan fingerprint density at radius 3 is 2.48 bits per heavy atom. The van der Waals surface area contributed by atoms with Gasteiger partial charge < -0.3 is 19.1 Å². The van der Waals surface area contributed by atoms with Gasteiger partial charge in [0.1, 0.15) is 11.9 Å². The fraction of sp³-hybridized carbons (Fsp3) is 0.625. The number of benzene rings is 1. The Hall–Kier alpha value is -3.99. The molecule has 12 nitrogen and oxygen atoms in total. The number of aromatic nitrogens is 1. The molecule has 0 spiro atoms. The van der Waals surface area contributed by atoms with Crippen LogP contribution in [0, 0.1) is 29.1 Å². The van der Waals surface area contributed by atoms with E-state index in [1.807, 2.05) is 17.7 Å². The molecule has 1 N–H and O–H groups in total. The number of rotatable bonds is 9. The summed E-state index contributed by atoms with van der Waals surface area (Å²) >= 11 is 6.43. The Morgan fingerprint density at radius 1 is 1.12 bits per heavy atom. The summed E-state index contributed by atoms with van der Waals surface area (Å²) in [5, 5.41) is -1.16. The average molecular weight is 858 g/mol. The van der Waals surface area contributed by atoms with Crippen LogP contribution < -0.4 is 14.2 Å². The van der Waals surface area contributed by atoms with E-state index in [0.717, 1.165) is 0 Å². The quantitative estimate of drug-likeness (QED) is 0.158. The number of ketones is 1. The summed E-state index contributed by atoms with van der Waals surface area (Å²) in [5.74, 6) is -5.41. The molecule has 0 unspecified atom stereocenters. The summed E-state index contributed by atoms with van der Waals surface area (Å²) < 4.78 is 100. The maximum Gasteiger partial charge on any atom is 0.427 e. The van der Waals surface area contributed by atoms with Gasteiger partial charge in [-0.2, -0.15) is 13.2 Å². The molecule has 2 aromatic rings. The van der Waals surface area contributed by atoms with E-state index in [1.54, 1.807) is 31.2 Å². The lowest BCUT2D eigenvalue weighted by Crippen LogP contribution is -2.48. The monoisotopic (exact) mass is 857 g/mol. The van der Waals surface area contributed by atoms with E-state index in [0.29, 0.717) is 49.6 Å². The molecule has 1 aromatic heterocycles. The van der Waals surface area contributed by atoms with Crippen LogP contribution in [0.2, 0.25) is 5.02 Å². The molecule has 3 fully saturated rings. The van der Waals surface area contributed by atoms with E-state index in [9.17, 15) is 45.2 Å². The molecule has 1 saturated heterocycles. The molecule has 2 aliphatic carbocycles. The van der Waals surface area contributed by atoms with Gasteiger partial charge in [0.15, 0.2) is 5.78 Å². The number of carbonyl (C=O) groups excluding carboxylic acids is 4. The lowest BCUT2D eigenvalue weighted by molar-refractivity contribution is -0.257. The summed E-state index contributed by atoms with van der Waals surface area (Å²) in [5.41, 5.74) is -4.40. The van der Waals surface area contributed by atoms with Crippen LogP contribution in [0.5, 0.6) is 11.6 Å². The van der Waals surface area contributed by atoms with Crippen molar-refractivity contribution in [2.45, 2.75) is 114 Å². The highest BCUT2D eigenvalue weighted by Gasteiger charge is 2.64. The standard InChI is InChI=1S/C40H48ClF4N3O9S/c1-22-8-6-7-9-25-19-38(25,36(52)47-58(53,54)39(42)11-12-39)20-31(49)30-16-26(56-34-28-17-29(41)32(55-5)15-24(28)10-13-46-34)21-48(30)35(51)27(23(2)14-22)18-33(50)57-37(3,4)40(43,44)45/h7,9-10,13,15,17,22-23,25-27,30H,6,8,11-12,14,16,18-21H2,1-5H3,(H,47,52)/b9-7-/t22-,23+,25+,26+,27-,30-,38+/m0/s1. The summed E-state index contributed by atoms with van der Waals surface area (Å²) in [7, 11) is -3.24. The van der Waals surface area contributed by atoms with Crippen molar-refractivity contribution in [2.24, 2.45) is 29.1 Å². The van der Waals surface area contributed by atoms with Crippen LogP contribution in [0.3, 0.4) is 0 Å². The lowest BCUT2D eigenvalue weighted by atomic mass is 9.82. The molecular weight excluding hydrogens is 810 g/mol. The zero-order valence-corrected chi connectivity index (χ0v) is 34.4. The number of fused-ring (bicyclic) bond motifs is 3. The van der Waals surface area contributed by atoms with E-state index >= 15 is 0 Å². The lowest BCUT2D eigenvalue weighted by Gasteiger charge is -2.33. The number of Topliss-reactive ketones (excluding diaryl/α,β-unsaturated/α-hetero) is 1. The maximum absolute atomic E-state index is 14.8. The first kappa shape index (κ1) is 43.6. The molecule has 18 heteroatoms. The highest BCUT2D eigenvalue weighted by atomic mass is 35.5. The number of hydrogen-bond donors (Lipinski definition) is 1. The Morgan fingerprint density at radius 2 is 1.83 bits per heavy atom. The normalized spacial score (nSPS) is 29.7. The van der Waals surface area contributed by atoms with Crippen LogP contribution >= 0.6 is 11.6 Å². The van der Waals surface area contributed by atoms with Gasteiger partial charge in [-0.25, -0.2) is 22.5 Å². The van der Waals surface area contributed by atoms with Gasteiger partial charge in [0, 0.05) is 37.3 Å². The Kier molecular flexibility index (Phi) is 11.9. The first-order chi connectivity index (χ1) is 27.0. The zero-order chi connectivity index (χ0) is 42.6. The SMILES string of the molecule is COc1cc2ccnc(O[C@@H]3C[C@H]4C(=O)C[C@]5(C(=O)NS(=O)(=O)C6(F)CC6)C[C@H]5/C=C\CC[C@H](C)C[C@@H](C)[C@H](CC(=O)OC(C)(C)C(F)(F)F)C(=O)N4C3)c2cc1Cl. The van der Waals surface area contributed by atoms with E-state index in [4.69, 9.17) is 25.8 Å². The third-order valence-corrected chi connectivity index (χ3v) is 14.2. The molecule has 0 bridgehead atoms.